The van der Waals surface area contributed by atoms with Gasteiger partial charge in [0.1, 0.15) is 23.2 Å². The van der Waals surface area contributed by atoms with E-state index in [1.165, 1.54) is 12.1 Å². The molecule has 1 aliphatic rings. The van der Waals surface area contributed by atoms with Gasteiger partial charge in [-0.15, -0.1) is 12.4 Å². The Bertz CT molecular complexity index is 1100. The van der Waals surface area contributed by atoms with E-state index in [-0.39, 0.29) is 24.3 Å². The number of aromatic nitrogens is 1. The van der Waals surface area contributed by atoms with Crippen molar-refractivity contribution in [2.24, 2.45) is 0 Å². The first-order chi connectivity index (χ1) is 12.2. The molecule has 26 heavy (non-hydrogen) atoms. The van der Waals surface area contributed by atoms with Crippen molar-refractivity contribution in [3.8, 4) is 5.69 Å². The minimum absolute atomic E-state index is 0. The lowest BCUT2D eigenvalue weighted by molar-refractivity contribution is 0.465. The third-order valence-electron chi connectivity index (χ3n) is 4.66. The number of rotatable bonds is 1. The van der Waals surface area contributed by atoms with Gasteiger partial charge in [-0.25, -0.2) is 4.39 Å². The lowest BCUT2D eigenvalue weighted by Crippen LogP contribution is -2.20. The zero-order chi connectivity index (χ0) is 17.0. The molecule has 0 radical (unpaired) electrons. The van der Waals surface area contributed by atoms with Gasteiger partial charge >= 0.3 is 0 Å². The molecule has 5 rings (SSSR count). The third-order valence-corrected chi connectivity index (χ3v) is 4.90. The molecule has 1 unspecified atom stereocenters. The number of nitrogens with zero attached hydrogens (tertiary/aromatic N) is 1. The van der Waals surface area contributed by atoms with Crippen LogP contribution < -0.4 is 5.32 Å². The highest BCUT2D eigenvalue weighted by Gasteiger charge is 2.25. The fraction of sp³-hybridized carbons (Fsp3) is 0.100. The molecule has 1 N–H and O–H groups in total. The van der Waals surface area contributed by atoms with Crippen LogP contribution >= 0.6 is 24.0 Å². The summed E-state index contributed by atoms with van der Waals surface area (Å²) >= 11 is 6.20. The summed E-state index contributed by atoms with van der Waals surface area (Å²) in [4.78, 5) is 0. The highest BCUT2D eigenvalue weighted by molar-refractivity contribution is 6.30. The van der Waals surface area contributed by atoms with Crippen LogP contribution in [0.3, 0.4) is 0 Å². The molecular formula is C20H15Cl2FN2O. The van der Waals surface area contributed by atoms with Crippen molar-refractivity contribution in [3.63, 3.8) is 0 Å². The first-order valence-electron chi connectivity index (χ1n) is 8.07. The second-order valence-electron chi connectivity index (χ2n) is 6.22. The van der Waals surface area contributed by atoms with Crippen molar-refractivity contribution < 1.29 is 8.81 Å². The Morgan fingerprint density at radius 2 is 2.00 bits per heavy atom. The normalized spacial score (nSPS) is 15.8. The fourth-order valence-electron chi connectivity index (χ4n) is 3.50. The Morgan fingerprint density at radius 1 is 1.12 bits per heavy atom. The fourth-order valence-corrected chi connectivity index (χ4v) is 3.67. The largest absolute Gasteiger partial charge is 0.459 e. The molecule has 1 aliphatic heterocycles. The minimum Gasteiger partial charge on any atom is -0.459 e. The van der Waals surface area contributed by atoms with Crippen LogP contribution in [0.5, 0.6) is 0 Å². The van der Waals surface area contributed by atoms with Crippen LogP contribution in [-0.4, -0.2) is 4.57 Å². The maximum absolute atomic E-state index is 13.5. The first kappa shape index (κ1) is 17.2. The molecule has 3 nitrogen and oxygen atoms in total. The molecule has 132 valence electrons. The van der Waals surface area contributed by atoms with E-state index in [2.05, 4.69) is 16.0 Å². The summed E-state index contributed by atoms with van der Waals surface area (Å²) in [7, 11) is 0. The molecule has 4 aromatic rings. The first-order valence-corrected chi connectivity index (χ1v) is 8.45. The summed E-state index contributed by atoms with van der Waals surface area (Å²) in [6.07, 6.45) is 2.02. The summed E-state index contributed by atoms with van der Waals surface area (Å²) in [5, 5.41) is 5.01. The topological polar surface area (TPSA) is 30.1 Å². The highest BCUT2D eigenvalue weighted by atomic mass is 35.5. The molecule has 1 atom stereocenters. The second-order valence-corrected chi connectivity index (χ2v) is 6.66. The smallest absolute Gasteiger partial charge is 0.134 e. The van der Waals surface area contributed by atoms with E-state index in [9.17, 15) is 4.39 Å². The number of furan rings is 1. The van der Waals surface area contributed by atoms with E-state index in [0.717, 1.165) is 28.1 Å². The van der Waals surface area contributed by atoms with Crippen LogP contribution in [0.4, 0.5) is 4.39 Å². The van der Waals surface area contributed by atoms with Crippen molar-refractivity contribution >= 4 is 35.0 Å². The summed E-state index contributed by atoms with van der Waals surface area (Å²) in [6, 6.07) is 16.3. The van der Waals surface area contributed by atoms with Crippen molar-refractivity contribution in [2.45, 2.75) is 12.6 Å². The number of fused-ring (bicyclic) bond motifs is 4. The SMILES string of the molecule is Cl.Fc1ccc2oc(C3NCc4ccc(Cl)cc4-n4cccc43)cc2c1. The van der Waals surface area contributed by atoms with Crippen molar-refractivity contribution in [1.82, 2.24) is 9.88 Å². The highest BCUT2D eigenvalue weighted by Crippen LogP contribution is 2.34. The molecule has 6 heteroatoms. The summed E-state index contributed by atoms with van der Waals surface area (Å²) in [5.74, 6) is 0.499. The van der Waals surface area contributed by atoms with Gasteiger partial charge in [0.25, 0.3) is 0 Å². The number of nitrogens with one attached hydrogen (secondary N) is 1. The lowest BCUT2D eigenvalue weighted by Gasteiger charge is -2.15. The molecule has 0 bridgehead atoms. The van der Waals surface area contributed by atoms with Gasteiger partial charge in [0.05, 0.1) is 5.69 Å². The lowest BCUT2D eigenvalue weighted by atomic mass is 10.1. The molecule has 3 heterocycles. The van der Waals surface area contributed by atoms with Crippen LogP contribution in [-0.2, 0) is 6.54 Å². The monoisotopic (exact) mass is 388 g/mol. The molecule has 0 fully saturated rings. The van der Waals surface area contributed by atoms with Gasteiger partial charge in [0.2, 0.25) is 0 Å². The molecule has 0 saturated heterocycles. The minimum atomic E-state index is -0.265. The standard InChI is InChI=1S/C20H14ClFN2O.ClH/c21-14-4-3-12-11-23-20(16-2-1-7-24(16)17(12)10-14)19-9-13-8-15(22)5-6-18(13)25-19;/h1-10,20,23H,11H2;1H. The van der Waals surface area contributed by atoms with E-state index in [1.54, 1.807) is 6.07 Å². The van der Waals surface area contributed by atoms with E-state index in [0.29, 0.717) is 17.2 Å². The van der Waals surface area contributed by atoms with Crippen LogP contribution in [0, 0.1) is 5.82 Å². The summed E-state index contributed by atoms with van der Waals surface area (Å²) < 4.78 is 21.6. The van der Waals surface area contributed by atoms with E-state index < -0.39 is 0 Å². The van der Waals surface area contributed by atoms with Crippen molar-refractivity contribution in [2.75, 3.05) is 0 Å². The zero-order valence-electron chi connectivity index (χ0n) is 13.6. The Kier molecular flexibility index (Phi) is 4.27. The van der Waals surface area contributed by atoms with Crippen LogP contribution in [0.15, 0.2) is 65.2 Å². The summed E-state index contributed by atoms with van der Waals surface area (Å²) in [6.45, 7) is 0.685. The molecule has 2 aromatic carbocycles. The molecule has 0 saturated carbocycles. The van der Waals surface area contributed by atoms with Crippen molar-refractivity contribution in [3.05, 3.63) is 88.7 Å². The van der Waals surface area contributed by atoms with E-state index in [4.69, 9.17) is 16.0 Å². The van der Waals surface area contributed by atoms with Gasteiger partial charge in [-0.1, -0.05) is 17.7 Å². The van der Waals surface area contributed by atoms with Gasteiger partial charge in [-0.2, -0.15) is 0 Å². The predicted octanol–water partition coefficient (Wildman–Crippen LogP) is 5.63. The van der Waals surface area contributed by atoms with Crippen LogP contribution in [0.2, 0.25) is 5.02 Å². The average Bonchev–Trinajstić information content (AvgIpc) is 3.20. The Balaban J connectivity index is 0.00000168. The maximum Gasteiger partial charge on any atom is 0.134 e. The van der Waals surface area contributed by atoms with Gasteiger partial charge in [0.15, 0.2) is 0 Å². The molecule has 0 aliphatic carbocycles. The molecule has 0 spiro atoms. The van der Waals surface area contributed by atoms with Gasteiger partial charge in [-0.05, 0) is 54.1 Å². The Hall–Kier alpha value is -2.27. The second kappa shape index (κ2) is 6.47. The van der Waals surface area contributed by atoms with Crippen LogP contribution in [0.1, 0.15) is 23.1 Å². The third kappa shape index (κ3) is 2.71. The zero-order valence-corrected chi connectivity index (χ0v) is 15.2. The molecular weight excluding hydrogens is 374 g/mol. The number of benzene rings is 2. The number of hydrogen-bond donors (Lipinski definition) is 1. The van der Waals surface area contributed by atoms with Crippen molar-refractivity contribution in [1.29, 1.82) is 0 Å². The molecule has 2 aromatic heterocycles. The van der Waals surface area contributed by atoms with Gasteiger partial charge in [0, 0.05) is 28.8 Å². The quantitative estimate of drug-likeness (QED) is 0.457. The van der Waals surface area contributed by atoms with Gasteiger partial charge < -0.3 is 8.98 Å². The Morgan fingerprint density at radius 3 is 2.88 bits per heavy atom. The van der Waals surface area contributed by atoms with E-state index >= 15 is 0 Å². The summed E-state index contributed by atoms with van der Waals surface area (Å²) in [5.41, 5.74) is 3.96. The maximum atomic E-state index is 13.5. The van der Waals surface area contributed by atoms with Gasteiger partial charge in [-0.3, -0.25) is 5.32 Å². The Labute approximate surface area is 160 Å². The predicted molar refractivity (Wildman–Crippen MR) is 103 cm³/mol. The molecule has 0 amide bonds. The number of hydrogen-bond acceptors (Lipinski definition) is 2. The van der Waals surface area contributed by atoms with Crippen LogP contribution in [0.25, 0.3) is 16.7 Å². The average molecular weight is 389 g/mol. The number of halogens is 3. The van der Waals surface area contributed by atoms with E-state index in [1.807, 2.05) is 36.5 Å².